The van der Waals surface area contributed by atoms with Gasteiger partial charge in [-0.15, -0.1) is 0 Å². The highest BCUT2D eigenvalue weighted by Gasteiger charge is 2.22. The number of carbonyl (C=O) groups excluding carboxylic acids is 5. The summed E-state index contributed by atoms with van der Waals surface area (Å²) in [4.78, 5) is 60.8. The molecule has 0 aliphatic carbocycles. The molecule has 0 amide bonds. The Morgan fingerprint density at radius 1 is 0.585 bits per heavy atom. The molecule has 0 aliphatic heterocycles. The van der Waals surface area contributed by atoms with Crippen LogP contribution in [0, 0.1) is 6.92 Å². The zero-order valence-electron chi connectivity index (χ0n) is 23.5. The molecule has 0 atom stereocenters. The molecule has 0 saturated heterocycles. The van der Waals surface area contributed by atoms with E-state index in [1.807, 2.05) is 0 Å². The van der Waals surface area contributed by atoms with Gasteiger partial charge in [-0.3, -0.25) is 0 Å². The number of hydrogen-bond donors (Lipinski definition) is 0. The van der Waals surface area contributed by atoms with E-state index in [1.54, 1.807) is 38.1 Å². The van der Waals surface area contributed by atoms with E-state index in [9.17, 15) is 24.0 Å². The summed E-state index contributed by atoms with van der Waals surface area (Å²) in [5.41, 5.74) is 2.31. The van der Waals surface area contributed by atoms with Crippen molar-refractivity contribution in [3.8, 4) is 16.9 Å². The lowest BCUT2D eigenvalue weighted by atomic mass is 9.97. The first-order chi connectivity index (χ1) is 19.3. The Balaban J connectivity index is 2.29. The zero-order chi connectivity index (χ0) is 30.7. The van der Waals surface area contributed by atoms with Gasteiger partial charge >= 0.3 is 29.8 Å². The van der Waals surface area contributed by atoms with Gasteiger partial charge in [0.25, 0.3) is 0 Å². The molecular weight excluding hydrogens is 532 g/mol. The number of rotatable bonds is 13. The maximum absolute atomic E-state index is 13.0. The maximum Gasteiger partial charge on any atom is 0.339 e. The lowest BCUT2D eigenvalue weighted by Crippen LogP contribution is -2.19. The van der Waals surface area contributed by atoms with Crippen molar-refractivity contribution in [3.05, 3.63) is 89.5 Å². The van der Waals surface area contributed by atoms with Crippen molar-refractivity contribution in [2.45, 2.75) is 27.7 Å². The summed E-state index contributed by atoms with van der Waals surface area (Å²) in [5.74, 6) is -3.18. The molecule has 2 aromatic rings. The molecule has 0 heterocycles. The van der Waals surface area contributed by atoms with Gasteiger partial charge in [-0.25, -0.2) is 24.0 Å². The molecule has 2 rings (SSSR count). The van der Waals surface area contributed by atoms with Crippen LogP contribution in [0.25, 0.3) is 11.1 Å². The van der Waals surface area contributed by atoms with Crippen LogP contribution in [-0.2, 0) is 33.3 Å². The van der Waals surface area contributed by atoms with E-state index >= 15 is 0 Å². The average molecular weight is 565 g/mol. The molecule has 10 heteroatoms. The Hall–Kier alpha value is -4.99. The van der Waals surface area contributed by atoms with Crippen LogP contribution >= 0.6 is 0 Å². The van der Waals surface area contributed by atoms with Gasteiger partial charge in [0.2, 0.25) is 0 Å². The van der Waals surface area contributed by atoms with Crippen molar-refractivity contribution in [2.75, 3.05) is 26.4 Å². The van der Waals surface area contributed by atoms with Gasteiger partial charge in [-0.05, 0) is 68.7 Å². The van der Waals surface area contributed by atoms with E-state index in [0.29, 0.717) is 22.4 Å². The van der Waals surface area contributed by atoms with Gasteiger partial charge in [0.05, 0.1) is 11.1 Å². The molecule has 0 spiro atoms. The smallest absolute Gasteiger partial charge is 0.339 e. The minimum absolute atomic E-state index is 0.0901. The van der Waals surface area contributed by atoms with E-state index in [2.05, 4.69) is 19.7 Å². The summed E-state index contributed by atoms with van der Waals surface area (Å²) >= 11 is 0. The highest BCUT2D eigenvalue weighted by Crippen LogP contribution is 2.29. The first kappa shape index (κ1) is 32.2. The second-order valence-corrected chi connectivity index (χ2v) is 9.01. The average Bonchev–Trinajstić information content (AvgIpc) is 2.93. The van der Waals surface area contributed by atoms with Crippen molar-refractivity contribution in [1.29, 1.82) is 0 Å². The topological polar surface area (TPSA) is 132 Å². The lowest BCUT2D eigenvalue weighted by molar-refractivity contribution is -0.140. The molecule has 2 aromatic carbocycles. The van der Waals surface area contributed by atoms with Crippen molar-refractivity contribution in [1.82, 2.24) is 0 Å². The third kappa shape index (κ3) is 9.61. The van der Waals surface area contributed by atoms with Gasteiger partial charge in [0, 0.05) is 16.7 Å². The maximum atomic E-state index is 13.0. The molecule has 0 fully saturated rings. The molecular formula is C31H32O10. The molecule has 0 aliphatic rings. The quantitative estimate of drug-likeness (QED) is 0.111. The fourth-order valence-electron chi connectivity index (χ4n) is 3.14. The first-order valence-corrected chi connectivity index (χ1v) is 12.4. The third-order valence-corrected chi connectivity index (χ3v) is 5.31. The summed E-state index contributed by atoms with van der Waals surface area (Å²) in [7, 11) is 0. The van der Waals surface area contributed by atoms with Crippen LogP contribution in [0.2, 0.25) is 0 Å². The molecule has 216 valence electrons. The monoisotopic (exact) mass is 564 g/mol. The Bertz CT molecular complexity index is 1400. The predicted octanol–water partition coefficient (Wildman–Crippen LogP) is 4.70. The summed E-state index contributed by atoms with van der Waals surface area (Å²) in [6.45, 7) is 15.8. The van der Waals surface area contributed by atoms with Crippen LogP contribution in [0.3, 0.4) is 0 Å². The Morgan fingerprint density at radius 2 is 1.02 bits per heavy atom. The van der Waals surface area contributed by atoms with E-state index in [1.165, 1.54) is 26.0 Å². The van der Waals surface area contributed by atoms with Gasteiger partial charge in [-0.1, -0.05) is 31.9 Å². The molecule has 41 heavy (non-hydrogen) atoms. The predicted molar refractivity (Wildman–Crippen MR) is 149 cm³/mol. The number of carbonyl (C=O) groups is 5. The molecule has 0 bridgehead atoms. The van der Waals surface area contributed by atoms with Crippen molar-refractivity contribution in [3.63, 3.8) is 0 Å². The Morgan fingerprint density at radius 3 is 1.51 bits per heavy atom. The van der Waals surface area contributed by atoms with Crippen LogP contribution < -0.4 is 4.74 Å². The van der Waals surface area contributed by atoms with Crippen LogP contribution in [0.5, 0.6) is 5.75 Å². The molecule has 0 unspecified atom stereocenters. The van der Waals surface area contributed by atoms with Crippen LogP contribution in [-0.4, -0.2) is 56.3 Å². The number of ether oxygens (including phenoxy) is 5. The highest BCUT2D eigenvalue weighted by atomic mass is 16.6. The standard InChI is InChI=1S/C31H32O10/c1-18(2)27(32)37-12-14-39-30(35)24-10-8-23(17-25(24)31(36)40-15-13-38-28(33)19(3)4)22-9-11-26(21(7)16-22)41-29(34)20(5)6/h8-11,16-17H,1,3,5,12-15H2,2,4,6-7H3. The van der Waals surface area contributed by atoms with Crippen molar-refractivity contribution in [2.24, 2.45) is 0 Å². The largest absolute Gasteiger partial charge is 0.459 e. The number of benzene rings is 2. The van der Waals surface area contributed by atoms with Crippen molar-refractivity contribution >= 4 is 29.8 Å². The Labute approximate surface area is 238 Å². The zero-order valence-corrected chi connectivity index (χ0v) is 23.5. The summed E-state index contributed by atoms with van der Waals surface area (Å²) in [6.07, 6.45) is 0. The minimum atomic E-state index is -0.859. The molecule has 10 nitrogen and oxygen atoms in total. The van der Waals surface area contributed by atoms with Crippen LogP contribution in [0.4, 0.5) is 0 Å². The highest BCUT2D eigenvalue weighted by molar-refractivity contribution is 6.04. The van der Waals surface area contributed by atoms with E-state index < -0.39 is 29.8 Å². The van der Waals surface area contributed by atoms with Gasteiger partial charge in [0.1, 0.15) is 32.2 Å². The second-order valence-electron chi connectivity index (χ2n) is 9.01. The number of esters is 5. The fraction of sp³-hybridized carbons (Fsp3) is 0.258. The van der Waals surface area contributed by atoms with E-state index in [-0.39, 0.29) is 54.3 Å². The number of hydrogen-bond acceptors (Lipinski definition) is 10. The van der Waals surface area contributed by atoms with Crippen LogP contribution in [0.1, 0.15) is 47.1 Å². The second kappa shape index (κ2) is 15.0. The van der Waals surface area contributed by atoms with Crippen molar-refractivity contribution < 1.29 is 47.7 Å². The summed E-state index contributed by atoms with van der Waals surface area (Å²) < 4.78 is 25.6. The van der Waals surface area contributed by atoms with Crippen LogP contribution in [0.15, 0.2) is 72.9 Å². The first-order valence-electron chi connectivity index (χ1n) is 12.4. The van der Waals surface area contributed by atoms with E-state index in [4.69, 9.17) is 23.7 Å². The van der Waals surface area contributed by atoms with E-state index in [0.717, 1.165) is 0 Å². The molecule has 0 saturated carbocycles. The van der Waals surface area contributed by atoms with Gasteiger partial charge in [-0.2, -0.15) is 0 Å². The Kier molecular flexibility index (Phi) is 11.8. The third-order valence-electron chi connectivity index (χ3n) is 5.31. The summed E-state index contributed by atoms with van der Waals surface area (Å²) in [6, 6.07) is 9.50. The summed E-state index contributed by atoms with van der Waals surface area (Å²) in [5, 5.41) is 0. The lowest BCUT2D eigenvalue weighted by Gasteiger charge is -2.13. The minimum Gasteiger partial charge on any atom is -0.459 e. The molecule has 0 N–H and O–H groups in total. The molecule has 0 aromatic heterocycles. The van der Waals surface area contributed by atoms with Gasteiger partial charge < -0.3 is 23.7 Å². The normalized spacial score (nSPS) is 10.1. The molecule has 0 radical (unpaired) electrons. The number of aryl methyl sites for hydroxylation is 1. The van der Waals surface area contributed by atoms with Gasteiger partial charge in [0.15, 0.2) is 0 Å². The fourth-order valence-corrected chi connectivity index (χ4v) is 3.14. The SMILES string of the molecule is C=C(C)C(=O)OCCOC(=O)c1ccc(-c2ccc(OC(=O)C(=C)C)c(C)c2)cc1C(=O)OCCOC(=O)C(=C)C.